The maximum Gasteiger partial charge on any atom is 0.256 e. The van der Waals surface area contributed by atoms with Crippen molar-refractivity contribution in [2.45, 2.75) is 6.42 Å². The smallest absolute Gasteiger partial charge is 0.256 e. The molecule has 0 aliphatic carbocycles. The number of aromatic amines is 1. The summed E-state index contributed by atoms with van der Waals surface area (Å²) in [5, 5.41) is 2.41. The summed E-state index contributed by atoms with van der Waals surface area (Å²) in [4.78, 5) is 35.6. The Kier molecular flexibility index (Phi) is 3.61. The second-order valence-corrected chi connectivity index (χ2v) is 2.89. The molecule has 0 aliphatic heterocycles. The van der Waals surface area contributed by atoms with Gasteiger partial charge in [-0.1, -0.05) is 0 Å². The van der Waals surface area contributed by atoms with Crippen LogP contribution in [-0.4, -0.2) is 23.3 Å². The molecule has 0 radical (unpaired) electrons. The average molecular weight is 209 g/mol. The van der Waals surface area contributed by atoms with Crippen molar-refractivity contribution >= 4 is 11.8 Å². The van der Waals surface area contributed by atoms with E-state index in [9.17, 15) is 14.4 Å². The van der Waals surface area contributed by atoms with Gasteiger partial charge < -0.3 is 16.0 Å². The van der Waals surface area contributed by atoms with Gasteiger partial charge in [-0.25, -0.2) is 0 Å². The fourth-order valence-electron chi connectivity index (χ4n) is 0.988. The summed E-state index contributed by atoms with van der Waals surface area (Å²) in [6.45, 7) is 0.127. The quantitative estimate of drug-likeness (QED) is 0.591. The Bertz CT molecular complexity index is 425. The highest BCUT2D eigenvalue weighted by Crippen LogP contribution is 1.87. The molecule has 0 saturated heterocycles. The molecule has 80 valence electrons. The second kappa shape index (κ2) is 4.94. The van der Waals surface area contributed by atoms with Crippen LogP contribution in [0.3, 0.4) is 0 Å². The first-order chi connectivity index (χ1) is 7.11. The van der Waals surface area contributed by atoms with E-state index in [-0.39, 0.29) is 24.0 Å². The van der Waals surface area contributed by atoms with E-state index in [0.29, 0.717) is 0 Å². The van der Waals surface area contributed by atoms with Crippen LogP contribution in [0.1, 0.15) is 16.8 Å². The SMILES string of the molecule is NC(=O)CCNC(=O)c1c[nH]ccc1=O. The Morgan fingerprint density at radius 3 is 2.80 bits per heavy atom. The maximum absolute atomic E-state index is 11.4. The van der Waals surface area contributed by atoms with Crippen molar-refractivity contribution in [1.82, 2.24) is 10.3 Å². The summed E-state index contributed by atoms with van der Waals surface area (Å²) in [5.74, 6) is -1.02. The van der Waals surface area contributed by atoms with Crippen LogP contribution >= 0.6 is 0 Å². The summed E-state index contributed by atoms with van der Waals surface area (Å²) >= 11 is 0. The van der Waals surface area contributed by atoms with E-state index in [0.717, 1.165) is 0 Å². The van der Waals surface area contributed by atoms with Gasteiger partial charge in [-0.05, 0) is 0 Å². The summed E-state index contributed by atoms with van der Waals surface area (Å²) in [5.41, 5.74) is 4.53. The zero-order valence-electron chi connectivity index (χ0n) is 7.95. The zero-order valence-corrected chi connectivity index (χ0v) is 7.95. The van der Waals surface area contributed by atoms with Gasteiger partial charge in [0.25, 0.3) is 5.91 Å². The van der Waals surface area contributed by atoms with Crippen molar-refractivity contribution in [1.29, 1.82) is 0 Å². The van der Waals surface area contributed by atoms with Crippen LogP contribution in [0, 0.1) is 0 Å². The van der Waals surface area contributed by atoms with Gasteiger partial charge in [-0.2, -0.15) is 0 Å². The van der Waals surface area contributed by atoms with Crippen LogP contribution in [0.15, 0.2) is 23.3 Å². The molecule has 1 heterocycles. The number of primary amides is 1. The molecule has 1 aromatic heterocycles. The van der Waals surface area contributed by atoms with Crippen molar-refractivity contribution in [3.8, 4) is 0 Å². The monoisotopic (exact) mass is 209 g/mol. The molecule has 0 aromatic carbocycles. The highest BCUT2D eigenvalue weighted by molar-refractivity contribution is 5.93. The van der Waals surface area contributed by atoms with E-state index in [1.165, 1.54) is 18.5 Å². The van der Waals surface area contributed by atoms with Gasteiger partial charge in [0.05, 0.1) is 0 Å². The van der Waals surface area contributed by atoms with Crippen LogP contribution in [-0.2, 0) is 4.79 Å². The molecule has 0 unspecified atom stereocenters. The lowest BCUT2D eigenvalue weighted by atomic mass is 10.2. The van der Waals surface area contributed by atoms with Gasteiger partial charge in [-0.15, -0.1) is 0 Å². The highest BCUT2D eigenvalue weighted by Gasteiger charge is 2.08. The largest absolute Gasteiger partial charge is 0.370 e. The molecule has 0 spiro atoms. The molecule has 0 fully saturated rings. The van der Waals surface area contributed by atoms with Crippen LogP contribution in [0.5, 0.6) is 0 Å². The normalized spacial score (nSPS) is 9.60. The number of nitrogens with two attached hydrogens (primary N) is 1. The number of carbonyl (C=O) groups excluding carboxylic acids is 2. The molecule has 4 N–H and O–H groups in total. The van der Waals surface area contributed by atoms with E-state index >= 15 is 0 Å². The molecule has 6 heteroatoms. The standard InChI is InChI=1S/C9H11N3O3/c10-8(14)2-4-12-9(15)6-5-11-3-1-7(6)13/h1,3,5H,2,4H2,(H2,10,14)(H,11,13)(H,12,15). The number of hydrogen-bond donors (Lipinski definition) is 3. The maximum atomic E-state index is 11.4. The third-order valence-electron chi connectivity index (χ3n) is 1.73. The highest BCUT2D eigenvalue weighted by atomic mass is 16.2. The minimum Gasteiger partial charge on any atom is -0.370 e. The summed E-state index contributed by atoms with van der Waals surface area (Å²) in [6, 6.07) is 1.25. The summed E-state index contributed by atoms with van der Waals surface area (Å²) < 4.78 is 0. The number of H-pyrrole nitrogens is 1. The lowest BCUT2D eigenvalue weighted by Gasteiger charge is -2.02. The summed E-state index contributed by atoms with van der Waals surface area (Å²) in [7, 11) is 0. The fourth-order valence-corrected chi connectivity index (χ4v) is 0.988. The van der Waals surface area contributed by atoms with Gasteiger partial charge in [0.2, 0.25) is 5.91 Å². The van der Waals surface area contributed by atoms with Gasteiger partial charge >= 0.3 is 0 Å². The fraction of sp³-hybridized carbons (Fsp3) is 0.222. The number of nitrogens with one attached hydrogen (secondary N) is 2. The number of carbonyl (C=O) groups is 2. The van der Waals surface area contributed by atoms with Crippen molar-refractivity contribution in [3.05, 3.63) is 34.2 Å². The van der Waals surface area contributed by atoms with E-state index in [1.54, 1.807) is 0 Å². The molecule has 0 bridgehead atoms. The Morgan fingerprint density at radius 2 is 2.20 bits per heavy atom. The predicted octanol–water partition coefficient (Wildman–Crippen LogP) is -1.02. The number of amides is 2. The molecule has 0 saturated carbocycles. The molecule has 2 amide bonds. The van der Waals surface area contributed by atoms with Gasteiger partial charge in [0, 0.05) is 31.4 Å². The molecular weight excluding hydrogens is 198 g/mol. The van der Waals surface area contributed by atoms with Gasteiger partial charge in [-0.3, -0.25) is 14.4 Å². The van der Waals surface area contributed by atoms with Gasteiger partial charge in [0.1, 0.15) is 5.56 Å². The second-order valence-electron chi connectivity index (χ2n) is 2.89. The molecule has 0 aliphatic rings. The van der Waals surface area contributed by atoms with Crippen LogP contribution < -0.4 is 16.5 Å². The van der Waals surface area contributed by atoms with E-state index < -0.39 is 11.8 Å². The minimum absolute atomic E-state index is 0.0157. The molecule has 6 nitrogen and oxygen atoms in total. The first kappa shape index (κ1) is 11.0. The molecular formula is C9H11N3O3. The number of pyridine rings is 1. The first-order valence-electron chi connectivity index (χ1n) is 4.35. The molecule has 1 aromatic rings. The lowest BCUT2D eigenvalue weighted by molar-refractivity contribution is -0.117. The third-order valence-corrected chi connectivity index (χ3v) is 1.73. The number of hydrogen-bond acceptors (Lipinski definition) is 3. The van der Waals surface area contributed by atoms with Crippen molar-refractivity contribution in [2.24, 2.45) is 5.73 Å². The first-order valence-corrected chi connectivity index (χ1v) is 4.35. The van der Waals surface area contributed by atoms with E-state index in [1.807, 2.05) is 0 Å². The van der Waals surface area contributed by atoms with E-state index in [2.05, 4.69) is 10.3 Å². The van der Waals surface area contributed by atoms with Crippen LogP contribution in [0.2, 0.25) is 0 Å². The van der Waals surface area contributed by atoms with E-state index in [4.69, 9.17) is 5.73 Å². The van der Waals surface area contributed by atoms with Crippen molar-refractivity contribution < 1.29 is 9.59 Å². The number of aromatic nitrogens is 1. The third kappa shape index (κ3) is 3.26. The lowest BCUT2D eigenvalue weighted by Crippen LogP contribution is -2.31. The Morgan fingerprint density at radius 1 is 1.47 bits per heavy atom. The van der Waals surface area contributed by atoms with Crippen LogP contribution in [0.4, 0.5) is 0 Å². The topological polar surface area (TPSA) is 105 Å². The zero-order chi connectivity index (χ0) is 11.3. The van der Waals surface area contributed by atoms with Crippen molar-refractivity contribution in [3.63, 3.8) is 0 Å². The Balaban J connectivity index is 2.58. The van der Waals surface area contributed by atoms with Crippen LogP contribution in [0.25, 0.3) is 0 Å². The Hall–Kier alpha value is -2.11. The predicted molar refractivity (Wildman–Crippen MR) is 53.2 cm³/mol. The average Bonchev–Trinajstić information content (AvgIpc) is 2.17. The molecule has 1 rings (SSSR count). The number of rotatable bonds is 4. The molecule has 15 heavy (non-hydrogen) atoms. The Labute approximate surface area is 85.5 Å². The minimum atomic E-state index is -0.516. The van der Waals surface area contributed by atoms with Gasteiger partial charge in [0.15, 0.2) is 5.43 Å². The van der Waals surface area contributed by atoms with Crippen molar-refractivity contribution in [2.75, 3.05) is 6.54 Å². The molecule has 0 atom stereocenters. The summed E-state index contributed by atoms with van der Waals surface area (Å²) in [6.07, 6.45) is 2.79.